The molecule has 1 N–H and O–H groups in total. The van der Waals surface area contributed by atoms with Crippen LogP contribution in [0, 0.1) is 5.92 Å². The lowest BCUT2D eigenvalue weighted by Gasteiger charge is -2.26. The van der Waals surface area contributed by atoms with Gasteiger partial charge in [0.25, 0.3) is 0 Å². The molecule has 0 spiro atoms. The van der Waals surface area contributed by atoms with Crippen molar-refractivity contribution in [1.29, 1.82) is 0 Å². The summed E-state index contributed by atoms with van der Waals surface area (Å²) in [6.07, 6.45) is 3.60. The predicted molar refractivity (Wildman–Crippen MR) is 70.6 cm³/mol. The van der Waals surface area contributed by atoms with E-state index in [-0.39, 0.29) is 11.9 Å². The molecule has 1 heterocycles. The molecule has 2 amide bonds. The molecule has 0 radical (unpaired) electrons. The van der Waals surface area contributed by atoms with Crippen molar-refractivity contribution in [1.82, 2.24) is 10.2 Å². The van der Waals surface area contributed by atoms with Crippen molar-refractivity contribution in [3.05, 3.63) is 24.6 Å². The Bertz CT molecular complexity index is 326. The van der Waals surface area contributed by atoms with E-state index in [1.807, 2.05) is 20.8 Å². The van der Waals surface area contributed by atoms with Crippen molar-refractivity contribution in [2.75, 3.05) is 7.05 Å². The zero-order valence-corrected chi connectivity index (χ0v) is 11.5. The summed E-state index contributed by atoms with van der Waals surface area (Å²) < 4.78 is 5.46. The van der Waals surface area contributed by atoms with Crippen LogP contribution in [0.1, 0.15) is 27.2 Å². The topological polar surface area (TPSA) is 58.6 Å². The zero-order chi connectivity index (χ0) is 14.1. The van der Waals surface area contributed by atoms with Crippen LogP contribution in [-0.2, 0) is 9.53 Å². The number of nitrogens with zero attached hydrogens (tertiary/aromatic N) is 1. The Balaban J connectivity index is 0.00000137. The van der Waals surface area contributed by atoms with Crippen LogP contribution < -0.4 is 5.32 Å². The summed E-state index contributed by atoms with van der Waals surface area (Å²) in [5, 5.41) is 2.50. The number of hydrogen-bond acceptors (Lipinski definition) is 3. The fraction of sp³-hybridized carbons (Fsp3) is 0.538. The van der Waals surface area contributed by atoms with Crippen LogP contribution in [0.25, 0.3) is 0 Å². The molecule has 1 aliphatic heterocycles. The van der Waals surface area contributed by atoms with Crippen molar-refractivity contribution in [3.63, 3.8) is 0 Å². The molecule has 102 valence electrons. The Morgan fingerprint density at radius 3 is 2.56 bits per heavy atom. The summed E-state index contributed by atoms with van der Waals surface area (Å²) >= 11 is 0. The fourth-order valence-corrected chi connectivity index (χ4v) is 1.65. The summed E-state index contributed by atoms with van der Waals surface area (Å²) in [5.41, 5.74) is 0. The highest BCUT2D eigenvalue weighted by atomic mass is 16.5. The van der Waals surface area contributed by atoms with Gasteiger partial charge >= 0.3 is 6.03 Å². The predicted octanol–water partition coefficient (Wildman–Crippen LogP) is 2.26. The van der Waals surface area contributed by atoms with Gasteiger partial charge in [0.15, 0.2) is 6.23 Å². The summed E-state index contributed by atoms with van der Waals surface area (Å²) in [4.78, 5) is 23.2. The first kappa shape index (κ1) is 16.2. The maximum atomic E-state index is 11.6. The van der Waals surface area contributed by atoms with Gasteiger partial charge in [-0.15, -0.1) is 0 Å². The normalized spacial score (nSPS) is 21.9. The molecular formula is C13H22N2O3. The number of hydrogen-bond donors (Lipinski definition) is 1. The first-order valence-corrected chi connectivity index (χ1v) is 6.06. The van der Waals surface area contributed by atoms with Crippen molar-refractivity contribution in [2.45, 2.75) is 33.4 Å². The first-order valence-electron chi connectivity index (χ1n) is 6.06. The Morgan fingerprint density at radius 1 is 1.56 bits per heavy atom. The summed E-state index contributed by atoms with van der Waals surface area (Å²) in [7, 11) is 1.53. The quantitative estimate of drug-likeness (QED) is 0.621. The second-order valence-corrected chi connectivity index (χ2v) is 3.67. The minimum Gasteiger partial charge on any atom is -0.475 e. The third-order valence-electron chi connectivity index (χ3n) is 2.37. The lowest BCUT2D eigenvalue weighted by atomic mass is 10.1. The molecule has 18 heavy (non-hydrogen) atoms. The number of urea groups is 1. The molecule has 0 aliphatic carbocycles. The average Bonchev–Trinajstić information content (AvgIpc) is 2.71. The molecule has 1 saturated heterocycles. The smallest absolute Gasteiger partial charge is 0.324 e. The van der Waals surface area contributed by atoms with Crippen LogP contribution in [-0.4, -0.2) is 30.5 Å². The third-order valence-corrected chi connectivity index (χ3v) is 2.37. The highest BCUT2D eigenvalue weighted by molar-refractivity contribution is 5.76. The van der Waals surface area contributed by atoms with Gasteiger partial charge in [-0.25, -0.2) is 4.79 Å². The molecule has 0 saturated carbocycles. The molecule has 2 unspecified atom stereocenters. The van der Waals surface area contributed by atoms with E-state index in [9.17, 15) is 9.59 Å². The van der Waals surface area contributed by atoms with Crippen LogP contribution in [0.5, 0.6) is 0 Å². The molecule has 2 atom stereocenters. The van der Waals surface area contributed by atoms with Crippen molar-refractivity contribution in [3.8, 4) is 0 Å². The molecule has 1 aliphatic rings. The number of rotatable bonds is 3. The Labute approximate surface area is 108 Å². The Kier molecular flexibility index (Phi) is 7.51. The number of allylic oxidation sites excluding steroid dienone is 2. The number of carbonyl (C=O) groups excluding carboxylic acids is 2. The second kappa shape index (κ2) is 8.33. The van der Waals surface area contributed by atoms with E-state index in [0.29, 0.717) is 18.5 Å². The molecule has 0 aromatic rings. The van der Waals surface area contributed by atoms with Crippen LogP contribution in [0.15, 0.2) is 24.6 Å². The second-order valence-electron chi connectivity index (χ2n) is 3.67. The molecule has 0 bridgehead atoms. The van der Waals surface area contributed by atoms with E-state index in [0.717, 1.165) is 0 Å². The molecule has 0 aromatic heterocycles. The van der Waals surface area contributed by atoms with Crippen molar-refractivity contribution in [2.24, 2.45) is 5.92 Å². The average molecular weight is 254 g/mol. The molecule has 5 heteroatoms. The zero-order valence-electron chi connectivity index (χ0n) is 11.5. The lowest BCUT2D eigenvalue weighted by Crippen LogP contribution is -2.43. The number of carbonyl (C=O) groups is 2. The van der Waals surface area contributed by atoms with E-state index in [2.05, 4.69) is 11.9 Å². The van der Waals surface area contributed by atoms with E-state index in [4.69, 9.17) is 4.74 Å². The van der Waals surface area contributed by atoms with Gasteiger partial charge in [0.1, 0.15) is 6.29 Å². The van der Waals surface area contributed by atoms with Gasteiger partial charge in [-0.05, 0) is 6.08 Å². The van der Waals surface area contributed by atoms with Gasteiger partial charge in [0.2, 0.25) is 0 Å². The van der Waals surface area contributed by atoms with Gasteiger partial charge < -0.3 is 10.1 Å². The summed E-state index contributed by atoms with van der Waals surface area (Å²) in [6, 6.07) is -0.315. The van der Waals surface area contributed by atoms with Gasteiger partial charge in [-0.1, -0.05) is 27.4 Å². The SMILES string of the molecule is C=C1CC(C)C(N(/C=C\C=O)C(=O)NC)O1.CC. The van der Waals surface area contributed by atoms with Crippen molar-refractivity contribution < 1.29 is 14.3 Å². The first-order chi connectivity index (χ1) is 8.60. The van der Waals surface area contributed by atoms with Gasteiger partial charge in [0.05, 0.1) is 5.76 Å². The standard InChI is InChI=1S/C11H16N2O3.C2H6/c1-8-7-9(2)16-10(8)13(5-4-6-14)11(15)12-3;1-2/h4-6,8,10H,2,7H2,1,3H3,(H,12,15);1-2H3/b5-4-;. The van der Waals surface area contributed by atoms with E-state index in [1.165, 1.54) is 24.2 Å². The molecule has 1 rings (SSSR count). The van der Waals surface area contributed by atoms with Crippen LogP contribution in [0.2, 0.25) is 0 Å². The molecule has 0 aromatic carbocycles. The van der Waals surface area contributed by atoms with Crippen LogP contribution in [0.3, 0.4) is 0 Å². The van der Waals surface area contributed by atoms with Crippen molar-refractivity contribution >= 4 is 12.3 Å². The van der Waals surface area contributed by atoms with E-state index < -0.39 is 6.23 Å². The highest BCUT2D eigenvalue weighted by Crippen LogP contribution is 2.30. The number of aldehydes is 1. The maximum Gasteiger partial charge on any atom is 0.324 e. The van der Waals surface area contributed by atoms with Gasteiger partial charge in [-0.2, -0.15) is 0 Å². The number of ether oxygens (including phenoxy) is 1. The largest absolute Gasteiger partial charge is 0.475 e. The number of nitrogens with one attached hydrogen (secondary N) is 1. The molecular weight excluding hydrogens is 232 g/mol. The molecule has 1 fully saturated rings. The number of amides is 2. The fourth-order valence-electron chi connectivity index (χ4n) is 1.65. The monoisotopic (exact) mass is 254 g/mol. The van der Waals surface area contributed by atoms with Gasteiger partial charge in [-0.3, -0.25) is 9.69 Å². The summed E-state index contributed by atoms with van der Waals surface area (Å²) in [5.74, 6) is 0.812. The van der Waals surface area contributed by atoms with Crippen LogP contribution in [0.4, 0.5) is 4.79 Å². The lowest BCUT2D eigenvalue weighted by molar-refractivity contribution is -0.104. The summed E-state index contributed by atoms with van der Waals surface area (Å²) in [6.45, 7) is 9.69. The minimum atomic E-state index is -0.399. The third kappa shape index (κ3) is 4.24. The Hall–Kier alpha value is -1.78. The van der Waals surface area contributed by atoms with E-state index >= 15 is 0 Å². The van der Waals surface area contributed by atoms with Gasteiger partial charge in [0, 0.05) is 25.6 Å². The Morgan fingerprint density at radius 2 is 2.17 bits per heavy atom. The van der Waals surface area contributed by atoms with E-state index in [1.54, 1.807) is 0 Å². The van der Waals surface area contributed by atoms with Crippen LogP contribution >= 0.6 is 0 Å². The minimum absolute atomic E-state index is 0.154. The molecule has 5 nitrogen and oxygen atoms in total. The maximum absolute atomic E-state index is 11.6. The highest BCUT2D eigenvalue weighted by Gasteiger charge is 2.34.